The van der Waals surface area contributed by atoms with E-state index in [-0.39, 0.29) is 0 Å². The van der Waals surface area contributed by atoms with Crippen LogP contribution >= 0.6 is 0 Å². The first-order valence-corrected chi connectivity index (χ1v) is 10.8. The van der Waals surface area contributed by atoms with E-state index < -0.39 is 0 Å². The Bertz CT molecular complexity index is 887. The molecule has 3 nitrogen and oxygen atoms in total. The number of rotatable bonds is 5. The summed E-state index contributed by atoms with van der Waals surface area (Å²) in [6.07, 6.45) is 4.90. The first kappa shape index (κ1) is 18.3. The van der Waals surface area contributed by atoms with Crippen molar-refractivity contribution in [3.63, 3.8) is 0 Å². The van der Waals surface area contributed by atoms with Gasteiger partial charge >= 0.3 is 0 Å². The highest BCUT2D eigenvalue weighted by Gasteiger charge is 2.44. The van der Waals surface area contributed by atoms with Gasteiger partial charge in [-0.3, -0.25) is 4.90 Å². The second-order valence-corrected chi connectivity index (χ2v) is 8.46. The second-order valence-electron chi connectivity index (χ2n) is 8.46. The molecule has 2 aliphatic heterocycles. The molecular weight excluding hydrogens is 354 g/mol. The Kier molecular flexibility index (Phi) is 4.99. The molecule has 3 aromatic rings. The van der Waals surface area contributed by atoms with Gasteiger partial charge in [-0.25, -0.2) is 0 Å². The van der Waals surface area contributed by atoms with Crippen LogP contribution in [0.5, 0.6) is 0 Å². The molecule has 0 saturated carbocycles. The smallest absolute Gasteiger partial charge is 0.0606 e. The molecular formula is C26H29N3. The number of para-hydroxylation sites is 2. The van der Waals surface area contributed by atoms with E-state index >= 15 is 0 Å². The van der Waals surface area contributed by atoms with Crippen LogP contribution in [0, 0.1) is 0 Å². The number of fused-ring (bicyclic) bond motifs is 2. The zero-order valence-electron chi connectivity index (χ0n) is 16.7. The van der Waals surface area contributed by atoms with Crippen molar-refractivity contribution in [2.45, 2.75) is 49.9 Å². The largest absolute Gasteiger partial charge is 0.397 e. The normalized spacial score (nSPS) is 24.0. The van der Waals surface area contributed by atoms with Gasteiger partial charge in [0, 0.05) is 18.1 Å². The molecule has 0 amide bonds. The maximum absolute atomic E-state index is 6.18. The summed E-state index contributed by atoms with van der Waals surface area (Å²) >= 11 is 0. The highest BCUT2D eigenvalue weighted by atomic mass is 15.3. The van der Waals surface area contributed by atoms with Crippen molar-refractivity contribution in [3.8, 4) is 0 Å². The fourth-order valence-corrected chi connectivity index (χ4v) is 5.41. The molecule has 2 saturated heterocycles. The van der Waals surface area contributed by atoms with Gasteiger partial charge in [-0.15, -0.1) is 0 Å². The molecule has 3 heteroatoms. The van der Waals surface area contributed by atoms with Gasteiger partial charge in [-0.1, -0.05) is 72.8 Å². The number of nitrogens with zero attached hydrogens (tertiary/aromatic N) is 1. The fourth-order valence-electron chi connectivity index (χ4n) is 5.41. The van der Waals surface area contributed by atoms with Crippen LogP contribution in [0.4, 0.5) is 11.4 Å². The Morgan fingerprint density at radius 1 is 0.724 bits per heavy atom. The van der Waals surface area contributed by atoms with Crippen LogP contribution in [-0.4, -0.2) is 23.0 Å². The SMILES string of the molecule is Nc1ccccc1NC1CC2CCC(C1)N2C(c1ccccc1)c1ccccc1. The van der Waals surface area contributed by atoms with Crippen LogP contribution in [0.25, 0.3) is 0 Å². The predicted octanol–water partition coefficient (Wildman–Crippen LogP) is 5.47. The van der Waals surface area contributed by atoms with Gasteiger partial charge in [0.2, 0.25) is 0 Å². The summed E-state index contributed by atoms with van der Waals surface area (Å²) in [5, 5.41) is 3.74. The minimum absolute atomic E-state index is 0.331. The predicted molar refractivity (Wildman–Crippen MR) is 121 cm³/mol. The van der Waals surface area contributed by atoms with E-state index in [0.29, 0.717) is 24.2 Å². The number of hydrogen-bond acceptors (Lipinski definition) is 3. The van der Waals surface area contributed by atoms with Crippen LogP contribution in [0.15, 0.2) is 84.9 Å². The molecule has 29 heavy (non-hydrogen) atoms. The molecule has 2 bridgehead atoms. The first-order chi connectivity index (χ1) is 14.3. The van der Waals surface area contributed by atoms with E-state index in [4.69, 9.17) is 5.73 Å². The van der Waals surface area contributed by atoms with Crippen molar-refractivity contribution in [1.29, 1.82) is 0 Å². The lowest BCUT2D eigenvalue weighted by atomic mass is 9.89. The first-order valence-electron chi connectivity index (χ1n) is 10.8. The van der Waals surface area contributed by atoms with E-state index in [9.17, 15) is 0 Å². The molecule has 5 rings (SSSR count). The average Bonchev–Trinajstić information content (AvgIpc) is 3.01. The molecule has 2 unspecified atom stereocenters. The van der Waals surface area contributed by atoms with Crippen LogP contribution in [0.3, 0.4) is 0 Å². The van der Waals surface area contributed by atoms with Gasteiger partial charge in [-0.2, -0.15) is 0 Å². The third-order valence-corrected chi connectivity index (χ3v) is 6.64. The Morgan fingerprint density at radius 2 is 1.24 bits per heavy atom. The van der Waals surface area contributed by atoms with Gasteiger partial charge in [0.25, 0.3) is 0 Å². The minimum atomic E-state index is 0.331. The standard InChI is InChI=1S/C26H29N3/c27-24-13-7-8-14-25(24)28-21-17-22-15-16-23(18-21)29(22)26(19-9-3-1-4-10-19)20-11-5-2-6-12-20/h1-14,21-23,26,28H,15-18,27H2. The molecule has 2 fully saturated rings. The van der Waals surface area contributed by atoms with Gasteiger partial charge in [0.1, 0.15) is 0 Å². The van der Waals surface area contributed by atoms with Crippen molar-refractivity contribution in [3.05, 3.63) is 96.1 Å². The summed E-state index contributed by atoms with van der Waals surface area (Å²) in [6, 6.07) is 32.2. The fraction of sp³-hybridized carbons (Fsp3) is 0.308. The van der Waals surface area contributed by atoms with Gasteiger partial charge in [0.15, 0.2) is 0 Å². The second kappa shape index (κ2) is 7.92. The van der Waals surface area contributed by atoms with Crippen molar-refractivity contribution in [1.82, 2.24) is 4.90 Å². The van der Waals surface area contributed by atoms with E-state index in [1.54, 1.807) is 0 Å². The summed E-state index contributed by atoms with van der Waals surface area (Å²) in [6.45, 7) is 0. The van der Waals surface area contributed by atoms with Crippen LogP contribution < -0.4 is 11.1 Å². The zero-order valence-corrected chi connectivity index (χ0v) is 16.7. The van der Waals surface area contributed by atoms with E-state index in [2.05, 4.69) is 83.0 Å². The Balaban J connectivity index is 1.42. The molecule has 2 heterocycles. The van der Waals surface area contributed by atoms with E-state index in [1.165, 1.54) is 36.8 Å². The number of nitrogen functional groups attached to an aromatic ring is 1. The highest BCUT2D eigenvalue weighted by molar-refractivity contribution is 5.66. The van der Waals surface area contributed by atoms with E-state index in [0.717, 1.165) is 11.4 Å². The molecule has 148 valence electrons. The van der Waals surface area contributed by atoms with Crippen LogP contribution in [-0.2, 0) is 0 Å². The van der Waals surface area contributed by atoms with Gasteiger partial charge in [-0.05, 0) is 48.9 Å². The molecule has 0 radical (unpaired) electrons. The third-order valence-electron chi connectivity index (χ3n) is 6.64. The summed E-state index contributed by atoms with van der Waals surface area (Å²) in [5.74, 6) is 0. The van der Waals surface area contributed by atoms with E-state index in [1.807, 2.05) is 12.1 Å². The van der Waals surface area contributed by atoms with Gasteiger partial charge in [0.05, 0.1) is 17.4 Å². The third kappa shape index (κ3) is 3.63. The topological polar surface area (TPSA) is 41.3 Å². The monoisotopic (exact) mass is 383 g/mol. The molecule has 2 atom stereocenters. The summed E-state index contributed by atoms with van der Waals surface area (Å²) in [7, 11) is 0. The molecule has 0 spiro atoms. The molecule has 3 aromatic carbocycles. The summed E-state index contributed by atoms with van der Waals surface area (Å²) in [5.41, 5.74) is 10.9. The number of hydrogen-bond donors (Lipinski definition) is 2. The average molecular weight is 384 g/mol. The molecule has 0 aliphatic carbocycles. The number of piperidine rings is 1. The molecule has 0 aromatic heterocycles. The number of nitrogens with two attached hydrogens (primary N) is 1. The minimum Gasteiger partial charge on any atom is -0.397 e. The number of benzene rings is 3. The maximum atomic E-state index is 6.18. The lowest BCUT2D eigenvalue weighted by Crippen LogP contribution is -2.48. The molecule has 2 aliphatic rings. The number of anilines is 2. The highest BCUT2D eigenvalue weighted by Crippen LogP contribution is 2.44. The Hall–Kier alpha value is -2.78. The Labute approximate surface area is 173 Å². The molecule has 3 N–H and O–H groups in total. The number of nitrogens with one attached hydrogen (secondary N) is 1. The van der Waals surface area contributed by atoms with Crippen LogP contribution in [0.2, 0.25) is 0 Å². The van der Waals surface area contributed by atoms with Gasteiger partial charge < -0.3 is 11.1 Å². The quantitative estimate of drug-likeness (QED) is 0.574. The lowest BCUT2D eigenvalue weighted by molar-refractivity contribution is 0.0986. The Morgan fingerprint density at radius 3 is 1.79 bits per heavy atom. The lowest BCUT2D eigenvalue weighted by Gasteiger charge is -2.44. The summed E-state index contributed by atoms with van der Waals surface area (Å²) < 4.78 is 0. The van der Waals surface area contributed by atoms with Crippen molar-refractivity contribution < 1.29 is 0 Å². The van der Waals surface area contributed by atoms with Crippen molar-refractivity contribution in [2.24, 2.45) is 0 Å². The van der Waals surface area contributed by atoms with Crippen molar-refractivity contribution >= 4 is 11.4 Å². The maximum Gasteiger partial charge on any atom is 0.0606 e. The zero-order chi connectivity index (χ0) is 19.6. The van der Waals surface area contributed by atoms with Crippen molar-refractivity contribution in [2.75, 3.05) is 11.1 Å². The van der Waals surface area contributed by atoms with Crippen LogP contribution in [0.1, 0.15) is 42.9 Å². The summed E-state index contributed by atoms with van der Waals surface area (Å²) in [4.78, 5) is 2.80.